The number of likely N-dealkylation sites (tertiary alicyclic amines) is 1. The second-order valence-electron chi connectivity index (χ2n) is 14.4. The van der Waals surface area contributed by atoms with Crippen LogP contribution in [0.1, 0.15) is 78.3 Å². The van der Waals surface area contributed by atoms with Crippen LogP contribution in [0.5, 0.6) is 0 Å². The molecule has 7 nitrogen and oxygen atoms in total. The minimum atomic E-state index is -1.46. The van der Waals surface area contributed by atoms with E-state index in [1.807, 2.05) is 97.1 Å². The zero-order valence-electron chi connectivity index (χ0n) is 30.9. The molecule has 2 aliphatic rings. The molecule has 0 radical (unpaired) electrons. The monoisotopic (exact) mass is 740 g/mol. The second kappa shape index (κ2) is 15.9. The summed E-state index contributed by atoms with van der Waals surface area (Å²) in [5, 5.41) is 0.419. The predicted octanol–water partition coefficient (Wildman–Crippen LogP) is 9.56. The van der Waals surface area contributed by atoms with Gasteiger partial charge in [0.1, 0.15) is 12.6 Å². The molecule has 0 aromatic heterocycles. The largest absolute Gasteiger partial charge is 0.448 e. The first-order chi connectivity index (χ1) is 26.2. The third kappa shape index (κ3) is 7.13. The standard InChI is InChI=1S/C46H45ClN2O5/c1-31(2)32-23-25-34(26-24-32)46(33-15-5-4-6-16-33,40-21-11-12-22-41(40)47)54-43(50)29-42(44(51)49-27-13-14-28-49)48(3)45(52)53-30-39-37-19-9-7-17-35(37)36-18-8-10-20-38(36)39/h4-12,15-26,31,39,42H,13-14,27-30H2,1-3H3/t42-,46?/m0/s1. The molecule has 2 atom stereocenters. The van der Waals surface area contributed by atoms with Gasteiger partial charge < -0.3 is 14.4 Å². The van der Waals surface area contributed by atoms with Crippen LogP contribution in [0.15, 0.2) is 127 Å². The average Bonchev–Trinajstić information content (AvgIpc) is 3.86. The number of esters is 1. The first-order valence-corrected chi connectivity index (χ1v) is 19.1. The maximum Gasteiger partial charge on any atom is 0.410 e. The Morgan fingerprint density at radius 3 is 1.93 bits per heavy atom. The van der Waals surface area contributed by atoms with Crippen molar-refractivity contribution in [2.24, 2.45) is 0 Å². The summed E-state index contributed by atoms with van der Waals surface area (Å²) < 4.78 is 12.7. The molecule has 0 N–H and O–H groups in total. The van der Waals surface area contributed by atoms with Gasteiger partial charge in [-0.1, -0.05) is 147 Å². The molecule has 7 rings (SSSR count). The minimum absolute atomic E-state index is 0.0856. The Kier molecular flexibility index (Phi) is 10.9. The lowest BCUT2D eigenvalue weighted by molar-refractivity contribution is -0.157. The van der Waals surface area contributed by atoms with Crippen LogP contribution < -0.4 is 0 Å². The van der Waals surface area contributed by atoms with Crippen molar-refractivity contribution in [3.05, 3.63) is 166 Å². The lowest BCUT2D eigenvalue weighted by Crippen LogP contribution is -2.50. The van der Waals surface area contributed by atoms with Gasteiger partial charge in [0, 0.05) is 47.8 Å². The summed E-state index contributed by atoms with van der Waals surface area (Å²) in [5.74, 6) is -0.845. The zero-order chi connectivity index (χ0) is 37.8. The van der Waals surface area contributed by atoms with Crippen LogP contribution >= 0.6 is 11.6 Å². The molecule has 1 saturated heterocycles. The minimum Gasteiger partial charge on any atom is -0.448 e. The molecule has 2 amide bonds. The van der Waals surface area contributed by atoms with E-state index < -0.39 is 23.7 Å². The van der Waals surface area contributed by atoms with E-state index in [0.717, 1.165) is 40.7 Å². The van der Waals surface area contributed by atoms with Gasteiger partial charge in [-0.15, -0.1) is 0 Å². The highest BCUT2D eigenvalue weighted by molar-refractivity contribution is 6.31. The highest BCUT2D eigenvalue weighted by atomic mass is 35.5. The number of benzene rings is 5. The second-order valence-corrected chi connectivity index (χ2v) is 14.9. The van der Waals surface area contributed by atoms with Gasteiger partial charge in [-0.2, -0.15) is 0 Å². The fraction of sp³-hybridized carbons (Fsp3) is 0.283. The van der Waals surface area contributed by atoms with Gasteiger partial charge >= 0.3 is 12.1 Å². The number of rotatable bonds is 11. The molecule has 0 saturated carbocycles. The Morgan fingerprint density at radius 1 is 0.759 bits per heavy atom. The van der Waals surface area contributed by atoms with E-state index in [9.17, 15) is 14.4 Å². The van der Waals surface area contributed by atoms with Crippen LogP contribution in [-0.4, -0.2) is 60.6 Å². The van der Waals surface area contributed by atoms with Gasteiger partial charge in [0.25, 0.3) is 0 Å². The van der Waals surface area contributed by atoms with Crippen molar-refractivity contribution >= 4 is 29.6 Å². The molecular weight excluding hydrogens is 696 g/mol. The van der Waals surface area contributed by atoms with Crippen LogP contribution in [0.25, 0.3) is 11.1 Å². The molecule has 8 heteroatoms. The third-order valence-corrected chi connectivity index (χ3v) is 11.2. The van der Waals surface area contributed by atoms with Crippen molar-refractivity contribution in [2.45, 2.75) is 56.6 Å². The molecule has 1 heterocycles. The molecule has 54 heavy (non-hydrogen) atoms. The van der Waals surface area contributed by atoms with Crippen molar-refractivity contribution < 1.29 is 23.9 Å². The molecule has 0 bridgehead atoms. The highest BCUT2D eigenvalue weighted by Gasteiger charge is 2.44. The number of amides is 2. The van der Waals surface area contributed by atoms with E-state index in [2.05, 4.69) is 38.1 Å². The van der Waals surface area contributed by atoms with Crippen LogP contribution in [0, 0.1) is 0 Å². The summed E-state index contributed by atoms with van der Waals surface area (Å²) >= 11 is 6.94. The Balaban J connectivity index is 1.20. The highest BCUT2D eigenvalue weighted by Crippen LogP contribution is 2.46. The van der Waals surface area contributed by atoms with Crippen molar-refractivity contribution in [1.29, 1.82) is 0 Å². The number of ether oxygens (including phenoxy) is 2. The molecule has 5 aromatic rings. The van der Waals surface area contributed by atoms with Crippen LogP contribution in [-0.2, 0) is 24.7 Å². The van der Waals surface area contributed by atoms with Crippen molar-refractivity contribution in [1.82, 2.24) is 9.80 Å². The topological polar surface area (TPSA) is 76.2 Å². The van der Waals surface area contributed by atoms with Crippen molar-refractivity contribution in [3.63, 3.8) is 0 Å². The molecule has 1 aliphatic carbocycles. The number of nitrogens with zero attached hydrogens (tertiary/aromatic N) is 2. The molecule has 5 aromatic carbocycles. The van der Waals surface area contributed by atoms with E-state index in [-0.39, 0.29) is 24.9 Å². The van der Waals surface area contributed by atoms with Crippen LogP contribution in [0.3, 0.4) is 0 Å². The van der Waals surface area contributed by atoms with Crippen molar-refractivity contribution in [2.75, 3.05) is 26.7 Å². The quantitative estimate of drug-likeness (QED) is 0.0996. The SMILES string of the molecule is CC(C)c1ccc(C(OC(=O)C[C@@H](C(=O)N2CCCC2)N(C)C(=O)OCC2c3ccccc3-c3ccccc32)(c2ccccc2)c2ccccc2Cl)cc1. The molecule has 1 unspecified atom stereocenters. The maximum atomic E-state index is 14.5. The predicted molar refractivity (Wildman–Crippen MR) is 211 cm³/mol. The Bertz CT molecular complexity index is 2080. The summed E-state index contributed by atoms with van der Waals surface area (Å²) in [5.41, 5.74) is 6.04. The smallest absolute Gasteiger partial charge is 0.410 e. The lowest BCUT2D eigenvalue weighted by Gasteiger charge is -2.37. The third-order valence-electron chi connectivity index (χ3n) is 10.8. The zero-order valence-corrected chi connectivity index (χ0v) is 31.7. The average molecular weight is 741 g/mol. The Labute approximate surface area is 322 Å². The molecule has 1 aliphatic heterocycles. The number of carbonyl (C=O) groups is 3. The fourth-order valence-electron chi connectivity index (χ4n) is 7.90. The number of fused-ring (bicyclic) bond motifs is 3. The summed E-state index contributed by atoms with van der Waals surface area (Å²) in [7, 11) is 1.52. The van der Waals surface area contributed by atoms with Crippen LogP contribution in [0.2, 0.25) is 5.02 Å². The summed E-state index contributed by atoms with van der Waals surface area (Å²) in [6, 6.07) is 39.9. The van der Waals surface area contributed by atoms with E-state index >= 15 is 0 Å². The molecule has 1 fully saturated rings. The summed E-state index contributed by atoms with van der Waals surface area (Å²) in [4.78, 5) is 45.6. The normalized spacial score (nSPS) is 15.2. The Morgan fingerprint density at radius 2 is 1.31 bits per heavy atom. The van der Waals surface area contributed by atoms with Gasteiger partial charge in [0.2, 0.25) is 5.91 Å². The molecular formula is C46H45ClN2O5. The summed E-state index contributed by atoms with van der Waals surface area (Å²) in [6.07, 6.45) is 0.632. The molecule has 0 spiro atoms. The van der Waals surface area contributed by atoms with Gasteiger partial charge in [-0.3, -0.25) is 14.5 Å². The van der Waals surface area contributed by atoms with E-state index in [1.165, 1.54) is 11.9 Å². The Hall–Kier alpha value is -5.40. The number of carbonyl (C=O) groups excluding carboxylic acids is 3. The first kappa shape index (κ1) is 36.9. The maximum absolute atomic E-state index is 14.5. The van der Waals surface area contributed by atoms with Gasteiger partial charge in [0.15, 0.2) is 5.60 Å². The number of hydrogen-bond acceptors (Lipinski definition) is 5. The summed E-state index contributed by atoms with van der Waals surface area (Å²) in [6.45, 7) is 5.44. The number of hydrogen-bond donors (Lipinski definition) is 0. The fourth-order valence-corrected chi connectivity index (χ4v) is 8.17. The van der Waals surface area contributed by atoms with Gasteiger partial charge in [-0.05, 0) is 52.6 Å². The van der Waals surface area contributed by atoms with Gasteiger partial charge in [-0.25, -0.2) is 4.79 Å². The lowest BCUT2D eigenvalue weighted by atomic mass is 9.79. The first-order valence-electron chi connectivity index (χ1n) is 18.7. The van der Waals surface area contributed by atoms with E-state index in [1.54, 1.807) is 11.0 Å². The molecule has 276 valence electrons. The van der Waals surface area contributed by atoms with E-state index in [4.69, 9.17) is 21.1 Å². The number of likely N-dealkylation sites (N-methyl/N-ethyl adjacent to an activating group) is 1. The van der Waals surface area contributed by atoms with Gasteiger partial charge in [0.05, 0.1) is 6.42 Å². The number of halogens is 1. The van der Waals surface area contributed by atoms with Crippen LogP contribution in [0.4, 0.5) is 4.79 Å². The van der Waals surface area contributed by atoms with Crippen molar-refractivity contribution in [3.8, 4) is 11.1 Å². The van der Waals surface area contributed by atoms with E-state index in [0.29, 0.717) is 40.7 Å².